The molecule has 2 rings (SSSR count). The lowest BCUT2D eigenvalue weighted by Gasteiger charge is -2.27. The van der Waals surface area contributed by atoms with Crippen LogP contribution in [0.3, 0.4) is 0 Å². The van der Waals surface area contributed by atoms with Crippen molar-refractivity contribution in [2.45, 2.75) is 6.04 Å². The number of nitrogens with one attached hydrogen (secondary N) is 3. The number of benzene rings is 1. The van der Waals surface area contributed by atoms with Crippen LogP contribution in [0.25, 0.3) is 0 Å². The van der Waals surface area contributed by atoms with Crippen LogP contribution in [-0.4, -0.2) is 25.2 Å². The molecule has 0 unspecified atom stereocenters. The molecule has 0 saturated carbocycles. The fourth-order valence-electron chi connectivity index (χ4n) is 1.28. The van der Waals surface area contributed by atoms with Crippen molar-refractivity contribution in [3.05, 3.63) is 29.3 Å². The summed E-state index contributed by atoms with van der Waals surface area (Å²) in [5.74, 6) is 0. The van der Waals surface area contributed by atoms with Gasteiger partial charge in [-0.05, 0) is 24.3 Å². The van der Waals surface area contributed by atoms with Crippen molar-refractivity contribution in [2.24, 2.45) is 0 Å². The van der Waals surface area contributed by atoms with Gasteiger partial charge < -0.3 is 16.0 Å². The molecule has 0 bridgehead atoms. The standard InChI is InChI=1S/C10H12ClN3O/c11-7-1-3-8(4-2-7)13-10(15)14-9-5-12-6-9/h1-4,9,12H,5-6H2,(H2,13,14,15). The van der Waals surface area contributed by atoms with Crippen molar-refractivity contribution in [3.63, 3.8) is 0 Å². The molecular formula is C10H12ClN3O. The number of amides is 2. The Morgan fingerprint density at radius 2 is 2.00 bits per heavy atom. The third-order valence-electron chi connectivity index (χ3n) is 2.22. The average Bonchev–Trinajstić information content (AvgIpc) is 2.16. The van der Waals surface area contributed by atoms with E-state index in [0.29, 0.717) is 5.02 Å². The van der Waals surface area contributed by atoms with Crippen molar-refractivity contribution in [1.82, 2.24) is 10.6 Å². The van der Waals surface area contributed by atoms with Crippen LogP contribution < -0.4 is 16.0 Å². The molecule has 80 valence electrons. The van der Waals surface area contributed by atoms with Crippen LogP contribution in [0.2, 0.25) is 5.02 Å². The van der Waals surface area contributed by atoms with Crippen molar-refractivity contribution in [2.75, 3.05) is 18.4 Å². The summed E-state index contributed by atoms with van der Waals surface area (Å²) in [5, 5.41) is 9.30. The van der Waals surface area contributed by atoms with Gasteiger partial charge in [0.05, 0.1) is 6.04 Å². The number of carbonyl (C=O) groups excluding carboxylic acids is 1. The molecule has 1 fully saturated rings. The first-order valence-electron chi connectivity index (χ1n) is 4.78. The zero-order valence-corrected chi connectivity index (χ0v) is 8.84. The van der Waals surface area contributed by atoms with Crippen LogP contribution in [0, 0.1) is 0 Å². The van der Waals surface area contributed by atoms with Crippen LogP contribution >= 0.6 is 11.6 Å². The monoisotopic (exact) mass is 225 g/mol. The summed E-state index contributed by atoms with van der Waals surface area (Å²) in [6.07, 6.45) is 0. The van der Waals surface area contributed by atoms with E-state index in [4.69, 9.17) is 11.6 Å². The van der Waals surface area contributed by atoms with Gasteiger partial charge in [0.15, 0.2) is 0 Å². The van der Waals surface area contributed by atoms with E-state index in [1.54, 1.807) is 24.3 Å². The van der Waals surface area contributed by atoms with Crippen molar-refractivity contribution < 1.29 is 4.79 Å². The van der Waals surface area contributed by atoms with Gasteiger partial charge in [-0.15, -0.1) is 0 Å². The largest absolute Gasteiger partial charge is 0.333 e. The van der Waals surface area contributed by atoms with E-state index < -0.39 is 0 Å². The molecule has 1 heterocycles. The number of hydrogen-bond donors (Lipinski definition) is 3. The quantitative estimate of drug-likeness (QED) is 0.713. The molecule has 0 atom stereocenters. The number of halogens is 1. The maximum atomic E-state index is 11.4. The first kappa shape index (κ1) is 10.3. The Balaban J connectivity index is 1.84. The third-order valence-corrected chi connectivity index (χ3v) is 2.47. The van der Waals surface area contributed by atoms with Crippen molar-refractivity contribution in [1.29, 1.82) is 0 Å². The summed E-state index contributed by atoms with van der Waals surface area (Å²) < 4.78 is 0. The minimum Gasteiger partial charge on any atom is -0.333 e. The van der Waals surface area contributed by atoms with Gasteiger partial charge in [-0.25, -0.2) is 4.79 Å². The maximum absolute atomic E-state index is 11.4. The molecule has 0 spiro atoms. The van der Waals surface area contributed by atoms with Gasteiger partial charge in [0.2, 0.25) is 0 Å². The van der Waals surface area contributed by atoms with Crippen LogP contribution in [0.5, 0.6) is 0 Å². The predicted octanol–water partition coefficient (Wildman–Crippen LogP) is 1.43. The summed E-state index contributed by atoms with van der Waals surface area (Å²) in [4.78, 5) is 11.4. The molecular weight excluding hydrogens is 214 g/mol. The molecule has 1 aliphatic rings. The number of urea groups is 1. The van der Waals surface area contributed by atoms with E-state index in [9.17, 15) is 4.79 Å². The van der Waals surface area contributed by atoms with E-state index in [1.807, 2.05) is 0 Å². The summed E-state index contributed by atoms with van der Waals surface area (Å²) >= 11 is 5.73. The first-order chi connectivity index (χ1) is 7.24. The van der Waals surface area contributed by atoms with Crippen molar-refractivity contribution >= 4 is 23.3 Å². The molecule has 2 amide bonds. The lowest BCUT2D eigenvalue weighted by Crippen LogP contribution is -2.57. The summed E-state index contributed by atoms with van der Waals surface area (Å²) in [6.45, 7) is 1.68. The second-order valence-corrected chi connectivity index (χ2v) is 3.90. The first-order valence-corrected chi connectivity index (χ1v) is 5.15. The van der Waals surface area contributed by atoms with Gasteiger partial charge in [-0.3, -0.25) is 0 Å². The van der Waals surface area contributed by atoms with E-state index in [2.05, 4.69) is 16.0 Å². The highest BCUT2D eigenvalue weighted by Gasteiger charge is 2.18. The molecule has 1 aliphatic heterocycles. The molecule has 1 aromatic carbocycles. The Bertz CT molecular complexity index is 348. The maximum Gasteiger partial charge on any atom is 0.319 e. The zero-order chi connectivity index (χ0) is 10.7. The number of anilines is 1. The predicted molar refractivity (Wildman–Crippen MR) is 60.3 cm³/mol. The van der Waals surface area contributed by atoms with Gasteiger partial charge >= 0.3 is 6.03 Å². The Labute approximate surface area is 93.0 Å². The summed E-state index contributed by atoms with van der Waals surface area (Å²) in [7, 11) is 0. The Hall–Kier alpha value is -1.26. The Morgan fingerprint density at radius 3 is 2.53 bits per heavy atom. The lowest BCUT2D eigenvalue weighted by atomic mass is 10.2. The van der Waals surface area contributed by atoms with Gasteiger partial charge in [-0.2, -0.15) is 0 Å². The average molecular weight is 226 g/mol. The topological polar surface area (TPSA) is 53.2 Å². The molecule has 4 nitrogen and oxygen atoms in total. The molecule has 0 radical (unpaired) electrons. The van der Waals surface area contributed by atoms with Crippen LogP contribution in [0.4, 0.5) is 10.5 Å². The van der Waals surface area contributed by atoms with Gasteiger partial charge in [0.25, 0.3) is 0 Å². The number of hydrogen-bond acceptors (Lipinski definition) is 2. The van der Waals surface area contributed by atoms with Crippen LogP contribution in [0.1, 0.15) is 0 Å². The van der Waals surface area contributed by atoms with Gasteiger partial charge in [0, 0.05) is 23.8 Å². The molecule has 3 N–H and O–H groups in total. The normalized spacial score (nSPS) is 15.5. The highest BCUT2D eigenvalue weighted by Crippen LogP contribution is 2.13. The molecule has 15 heavy (non-hydrogen) atoms. The SMILES string of the molecule is O=C(Nc1ccc(Cl)cc1)NC1CNC1. The molecule has 0 aliphatic carbocycles. The lowest BCUT2D eigenvalue weighted by molar-refractivity contribution is 0.243. The highest BCUT2D eigenvalue weighted by atomic mass is 35.5. The fourth-order valence-corrected chi connectivity index (χ4v) is 1.40. The second kappa shape index (κ2) is 4.51. The highest BCUT2D eigenvalue weighted by molar-refractivity contribution is 6.30. The van der Waals surface area contributed by atoms with E-state index in [-0.39, 0.29) is 12.1 Å². The van der Waals surface area contributed by atoms with Crippen LogP contribution in [-0.2, 0) is 0 Å². The smallest absolute Gasteiger partial charge is 0.319 e. The van der Waals surface area contributed by atoms with Crippen LogP contribution in [0.15, 0.2) is 24.3 Å². The van der Waals surface area contributed by atoms with Gasteiger partial charge in [-0.1, -0.05) is 11.6 Å². The minimum absolute atomic E-state index is 0.177. The third kappa shape index (κ3) is 2.84. The van der Waals surface area contributed by atoms with E-state index >= 15 is 0 Å². The van der Waals surface area contributed by atoms with E-state index in [0.717, 1.165) is 18.8 Å². The van der Waals surface area contributed by atoms with E-state index in [1.165, 1.54) is 0 Å². The molecule has 1 saturated heterocycles. The molecule has 5 heteroatoms. The minimum atomic E-state index is -0.177. The zero-order valence-electron chi connectivity index (χ0n) is 8.09. The molecule has 0 aromatic heterocycles. The number of carbonyl (C=O) groups is 1. The number of rotatable bonds is 2. The molecule has 1 aromatic rings. The van der Waals surface area contributed by atoms with Gasteiger partial charge in [0.1, 0.15) is 0 Å². The summed E-state index contributed by atoms with van der Waals surface area (Å²) in [5.41, 5.74) is 0.740. The summed E-state index contributed by atoms with van der Waals surface area (Å²) in [6, 6.07) is 7.08. The van der Waals surface area contributed by atoms with Crippen molar-refractivity contribution in [3.8, 4) is 0 Å². The fraction of sp³-hybridized carbons (Fsp3) is 0.300. The Kier molecular flexibility index (Phi) is 3.08. The Morgan fingerprint density at radius 1 is 1.33 bits per heavy atom. The second-order valence-electron chi connectivity index (χ2n) is 3.46.